The van der Waals surface area contributed by atoms with E-state index in [2.05, 4.69) is 5.32 Å². The van der Waals surface area contributed by atoms with Crippen LogP contribution in [0, 0.1) is 10.1 Å². The fourth-order valence-corrected chi connectivity index (χ4v) is 2.47. The van der Waals surface area contributed by atoms with Gasteiger partial charge in [0.15, 0.2) is 0 Å². The molecule has 0 bridgehead atoms. The van der Waals surface area contributed by atoms with Crippen LogP contribution in [0.3, 0.4) is 0 Å². The van der Waals surface area contributed by atoms with E-state index < -0.39 is 4.92 Å². The predicted octanol–water partition coefficient (Wildman–Crippen LogP) is 2.64. The number of benzene rings is 2. The average molecular weight is 343 g/mol. The van der Waals surface area contributed by atoms with Crippen molar-refractivity contribution in [3.05, 3.63) is 69.8 Å². The minimum absolute atomic E-state index is 0.0305. The van der Waals surface area contributed by atoms with Crippen LogP contribution in [-0.2, 0) is 0 Å². The number of nitrogens with zero attached hydrogens (tertiary/aromatic N) is 2. The third kappa shape index (κ3) is 4.77. The zero-order valence-corrected chi connectivity index (χ0v) is 14.4. The normalized spacial score (nSPS) is 11.8. The molecule has 2 aromatic carbocycles. The number of hydrogen-bond donors (Lipinski definition) is 1. The highest BCUT2D eigenvalue weighted by Crippen LogP contribution is 2.22. The fourth-order valence-electron chi connectivity index (χ4n) is 2.47. The van der Waals surface area contributed by atoms with Crippen molar-refractivity contribution in [3.63, 3.8) is 0 Å². The van der Waals surface area contributed by atoms with Crippen LogP contribution in [0.5, 0.6) is 5.75 Å². The molecule has 0 aliphatic heterocycles. The Hall–Kier alpha value is -2.93. The molecule has 7 heteroatoms. The minimum Gasteiger partial charge on any atom is -0.497 e. The minimum atomic E-state index is -0.494. The molecule has 1 unspecified atom stereocenters. The first-order valence-corrected chi connectivity index (χ1v) is 7.75. The molecule has 0 heterocycles. The van der Waals surface area contributed by atoms with Gasteiger partial charge in [-0.15, -0.1) is 0 Å². The molecule has 1 N–H and O–H groups in total. The van der Waals surface area contributed by atoms with Gasteiger partial charge in [-0.3, -0.25) is 14.9 Å². The second-order valence-corrected chi connectivity index (χ2v) is 5.77. The number of non-ortho nitro benzene ring substituents is 1. The lowest BCUT2D eigenvalue weighted by Gasteiger charge is -2.25. The van der Waals surface area contributed by atoms with Crippen LogP contribution in [0.15, 0.2) is 48.5 Å². The van der Waals surface area contributed by atoms with Crippen molar-refractivity contribution >= 4 is 11.6 Å². The van der Waals surface area contributed by atoms with Gasteiger partial charge in [-0.05, 0) is 43.9 Å². The lowest BCUT2D eigenvalue weighted by Crippen LogP contribution is -2.34. The summed E-state index contributed by atoms with van der Waals surface area (Å²) in [5.41, 5.74) is 1.36. The summed E-state index contributed by atoms with van der Waals surface area (Å²) < 4.78 is 5.25. The van der Waals surface area contributed by atoms with Crippen molar-refractivity contribution in [3.8, 4) is 5.75 Å². The van der Waals surface area contributed by atoms with E-state index in [-0.39, 0.29) is 17.6 Å². The van der Waals surface area contributed by atoms with Crippen molar-refractivity contribution in [1.82, 2.24) is 10.2 Å². The van der Waals surface area contributed by atoms with Gasteiger partial charge in [0.05, 0.1) is 18.1 Å². The summed E-state index contributed by atoms with van der Waals surface area (Å²) >= 11 is 0. The first kappa shape index (κ1) is 18.4. The van der Waals surface area contributed by atoms with Crippen molar-refractivity contribution < 1.29 is 14.5 Å². The Kier molecular flexibility index (Phi) is 6.08. The van der Waals surface area contributed by atoms with Gasteiger partial charge < -0.3 is 15.0 Å². The molecule has 2 aromatic rings. The molecule has 2 rings (SSSR count). The molecule has 7 nitrogen and oxygen atoms in total. The highest BCUT2D eigenvalue weighted by atomic mass is 16.6. The lowest BCUT2D eigenvalue weighted by molar-refractivity contribution is -0.384. The predicted molar refractivity (Wildman–Crippen MR) is 94.9 cm³/mol. The number of nitrogens with one attached hydrogen (secondary N) is 1. The number of nitro benzene ring substituents is 1. The van der Waals surface area contributed by atoms with E-state index >= 15 is 0 Å². The van der Waals surface area contributed by atoms with Crippen LogP contribution in [0.4, 0.5) is 5.69 Å². The maximum absolute atomic E-state index is 12.3. The van der Waals surface area contributed by atoms with Gasteiger partial charge in [-0.1, -0.05) is 12.1 Å². The molecular formula is C18H21N3O4. The average Bonchev–Trinajstić information content (AvgIpc) is 2.61. The third-order valence-electron chi connectivity index (χ3n) is 3.90. The Labute approximate surface area is 146 Å². The number of carbonyl (C=O) groups is 1. The van der Waals surface area contributed by atoms with Gasteiger partial charge in [0.1, 0.15) is 5.75 Å². The topological polar surface area (TPSA) is 84.7 Å². The largest absolute Gasteiger partial charge is 0.497 e. The summed E-state index contributed by atoms with van der Waals surface area (Å²) in [6, 6.07) is 13.2. The Bertz CT molecular complexity index is 744. The summed E-state index contributed by atoms with van der Waals surface area (Å²) in [4.78, 5) is 24.5. The standard InChI is InChI=1S/C18H21N3O4/c1-20(2)17(14-5-4-6-16(11-14)25-3)12-19-18(22)13-7-9-15(10-8-13)21(23)24/h4-11,17H,12H2,1-3H3,(H,19,22). The number of likely N-dealkylation sites (N-methyl/N-ethyl adjacent to an activating group) is 1. The Morgan fingerprint density at radius 2 is 1.92 bits per heavy atom. The van der Waals surface area contributed by atoms with Crippen LogP contribution in [0.25, 0.3) is 0 Å². The molecule has 0 aliphatic carbocycles. The van der Waals surface area contributed by atoms with E-state index in [4.69, 9.17) is 4.74 Å². The molecule has 1 atom stereocenters. The maximum Gasteiger partial charge on any atom is 0.269 e. The summed E-state index contributed by atoms with van der Waals surface area (Å²) in [5.74, 6) is 0.482. The van der Waals surface area contributed by atoms with Crippen LogP contribution >= 0.6 is 0 Å². The van der Waals surface area contributed by atoms with Crippen LogP contribution in [-0.4, -0.2) is 43.5 Å². The molecule has 0 spiro atoms. The Morgan fingerprint density at radius 1 is 1.24 bits per heavy atom. The Morgan fingerprint density at radius 3 is 2.48 bits per heavy atom. The number of rotatable bonds is 7. The van der Waals surface area contributed by atoms with Crippen molar-refractivity contribution in [2.75, 3.05) is 27.7 Å². The highest BCUT2D eigenvalue weighted by Gasteiger charge is 2.17. The Balaban J connectivity index is 2.07. The van der Waals surface area contributed by atoms with E-state index in [0.717, 1.165) is 11.3 Å². The lowest BCUT2D eigenvalue weighted by atomic mass is 10.1. The van der Waals surface area contributed by atoms with Gasteiger partial charge in [0, 0.05) is 24.2 Å². The molecule has 132 valence electrons. The van der Waals surface area contributed by atoms with Crippen molar-refractivity contribution in [2.45, 2.75) is 6.04 Å². The molecule has 0 saturated heterocycles. The molecule has 25 heavy (non-hydrogen) atoms. The zero-order chi connectivity index (χ0) is 18.4. The van der Waals surface area contributed by atoms with E-state index in [1.54, 1.807) is 7.11 Å². The highest BCUT2D eigenvalue weighted by molar-refractivity contribution is 5.94. The van der Waals surface area contributed by atoms with E-state index in [0.29, 0.717) is 12.1 Å². The second kappa shape index (κ2) is 8.25. The molecule has 1 amide bonds. The number of methoxy groups -OCH3 is 1. The summed E-state index contributed by atoms with van der Waals surface area (Å²) in [6.45, 7) is 0.399. The van der Waals surface area contributed by atoms with Crippen LogP contribution < -0.4 is 10.1 Å². The van der Waals surface area contributed by atoms with Gasteiger partial charge in [0.2, 0.25) is 0 Å². The number of amides is 1. The fraction of sp³-hybridized carbons (Fsp3) is 0.278. The monoisotopic (exact) mass is 343 g/mol. The van der Waals surface area contributed by atoms with Crippen molar-refractivity contribution in [2.24, 2.45) is 0 Å². The van der Waals surface area contributed by atoms with Crippen molar-refractivity contribution in [1.29, 1.82) is 0 Å². The SMILES string of the molecule is COc1cccc(C(CNC(=O)c2ccc([N+](=O)[O-])cc2)N(C)C)c1. The zero-order valence-electron chi connectivity index (χ0n) is 14.4. The summed E-state index contributed by atoms with van der Waals surface area (Å²) in [6.07, 6.45) is 0. The molecule has 0 fully saturated rings. The number of carbonyl (C=O) groups excluding carboxylic acids is 1. The molecule has 0 aromatic heterocycles. The summed E-state index contributed by atoms with van der Waals surface area (Å²) in [5, 5.41) is 13.5. The molecule has 0 saturated carbocycles. The van der Waals surface area contributed by atoms with Crippen LogP contribution in [0.2, 0.25) is 0 Å². The quantitative estimate of drug-likeness (QED) is 0.617. The van der Waals surface area contributed by atoms with Crippen LogP contribution in [0.1, 0.15) is 22.0 Å². The molecule has 0 radical (unpaired) electrons. The molecular weight excluding hydrogens is 322 g/mol. The number of hydrogen-bond acceptors (Lipinski definition) is 5. The number of ether oxygens (including phenoxy) is 1. The van der Waals surface area contributed by atoms with Gasteiger partial charge >= 0.3 is 0 Å². The maximum atomic E-state index is 12.3. The van der Waals surface area contributed by atoms with Gasteiger partial charge in [0.25, 0.3) is 11.6 Å². The second-order valence-electron chi connectivity index (χ2n) is 5.77. The van der Waals surface area contributed by atoms with Gasteiger partial charge in [-0.2, -0.15) is 0 Å². The third-order valence-corrected chi connectivity index (χ3v) is 3.90. The number of nitro groups is 1. The first-order chi connectivity index (χ1) is 11.9. The first-order valence-electron chi connectivity index (χ1n) is 7.75. The summed E-state index contributed by atoms with van der Waals surface area (Å²) in [7, 11) is 5.48. The smallest absolute Gasteiger partial charge is 0.269 e. The van der Waals surface area contributed by atoms with E-state index in [1.807, 2.05) is 43.3 Å². The van der Waals surface area contributed by atoms with E-state index in [1.165, 1.54) is 24.3 Å². The molecule has 0 aliphatic rings. The van der Waals surface area contributed by atoms with Gasteiger partial charge in [-0.25, -0.2) is 0 Å². The van der Waals surface area contributed by atoms with E-state index in [9.17, 15) is 14.9 Å².